The molecule has 0 bridgehead atoms. The van der Waals surface area contributed by atoms with Gasteiger partial charge in [0.05, 0.1) is 6.04 Å². The second kappa shape index (κ2) is 5.46. The molecule has 0 aromatic heterocycles. The molecule has 92 valence electrons. The minimum Gasteiger partial charge on any atom is -0.321 e. The van der Waals surface area contributed by atoms with Crippen LogP contribution in [0.5, 0.6) is 0 Å². The summed E-state index contributed by atoms with van der Waals surface area (Å²) >= 11 is 0. The number of hydrogen-bond donors (Lipinski definition) is 1. The van der Waals surface area contributed by atoms with Gasteiger partial charge in [-0.1, -0.05) is 44.0 Å². The van der Waals surface area contributed by atoms with Crippen LogP contribution in [0.2, 0.25) is 0 Å². The Balaban J connectivity index is 2.03. The molecule has 0 aliphatic heterocycles. The van der Waals surface area contributed by atoms with Crippen molar-refractivity contribution in [2.75, 3.05) is 0 Å². The van der Waals surface area contributed by atoms with Crippen molar-refractivity contribution in [1.82, 2.24) is 0 Å². The molecule has 1 saturated carbocycles. The molecule has 1 atom stereocenters. The number of rotatable bonds is 5. The highest BCUT2D eigenvalue weighted by Crippen LogP contribution is 2.36. The number of nitrogens with two attached hydrogens (primary N) is 1. The van der Waals surface area contributed by atoms with Gasteiger partial charge in [0.2, 0.25) is 0 Å². The van der Waals surface area contributed by atoms with Gasteiger partial charge in [0.25, 0.3) is 0 Å². The molecule has 0 spiro atoms. The molecule has 0 heterocycles. The molecule has 2 nitrogen and oxygen atoms in total. The van der Waals surface area contributed by atoms with E-state index in [1.54, 1.807) is 0 Å². The molecular formula is C15H21NO. The van der Waals surface area contributed by atoms with Crippen molar-refractivity contribution in [1.29, 1.82) is 0 Å². The summed E-state index contributed by atoms with van der Waals surface area (Å²) in [5.41, 5.74) is 7.98. The zero-order chi connectivity index (χ0) is 12.3. The molecule has 1 unspecified atom stereocenters. The van der Waals surface area contributed by atoms with Gasteiger partial charge in [0.15, 0.2) is 5.78 Å². The summed E-state index contributed by atoms with van der Waals surface area (Å²) in [4.78, 5) is 12.0. The number of hydrogen-bond acceptors (Lipinski definition) is 2. The molecule has 2 N–H and O–H groups in total. The highest BCUT2D eigenvalue weighted by molar-refractivity contribution is 5.99. The maximum atomic E-state index is 12.0. The van der Waals surface area contributed by atoms with Crippen molar-refractivity contribution in [2.24, 2.45) is 5.73 Å². The third-order valence-electron chi connectivity index (χ3n) is 3.71. The Bertz CT molecular complexity index is 378. The number of carbonyl (C=O) groups is 1. The Kier molecular flexibility index (Phi) is 3.95. The molecule has 0 radical (unpaired) electrons. The second-order valence-corrected chi connectivity index (χ2v) is 5.01. The fourth-order valence-corrected chi connectivity index (χ4v) is 2.32. The van der Waals surface area contributed by atoms with E-state index in [-0.39, 0.29) is 11.8 Å². The molecule has 17 heavy (non-hydrogen) atoms. The molecule has 0 amide bonds. The normalized spacial score (nSPS) is 17.5. The number of Topliss-reactive ketones (excluding diaryl/α,β-unsaturated/α-hetero) is 1. The van der Waals surface area contributed by atoms with Crippen LogP contribution in [-0.2, 0) is 0 Å². The Morgan fingerprint density at radius 2 is 2.00 bits per heavy atom. The fourth-order valence-electron chi connectivity index (χ4n) is 2.32. The van der Waals surface area contributed by atoms with E-state index in [1.165, 1.54) is 24.8 Å². The molecule has 1 fully saturated rings. The van der Waals surface area contributed by atoms with Crippen LogP contribution in [-0.4, -0.2) is 11.8 Å². The molecule has 1 aliphatic carbocycles. The van der Waals surface area contributed by atoms with Crippen molar-refractivity contribution in [2.45, 2.75) is 51.0 Å². The fraction of sp³-hybridized carbons (Fsp3) is 0.533. The number of carbonyl (C=O) groups excluding carboxylic acids is 1. The van der Waals surface area contributed by atoms with E-state index in [0.29, 0.717) is 0 Å². The van der Waals surface area contributed by atoms with Crippen LogP contribution < -0.4 is 5.73 Å². The topological polar surface area (TPSA) is 43.1 Å². The van der Waals surface area contributed by atoms with Crippen molar-refractivity contribution in [3.63, 3.8) is 0 Å². The first kappa shape index (κ1) is 12.3. The minimum absolute atomic E-state index is 0.0759. The highest BCUT2D eigenvalue weighted by Gasteiger charge is 2.20. The van der Waals surface area contributed by atoms with Crippen molar-refractivity contribution in [3.05, 3.63) is 35.4 Å². The first-order valence-electron chi connectivity index (χ1n) is 6.62. The van der Waals surface area contributed by atoms with Crippen LogP contribution in [0.15, 0.2) is 24.3 Å². The molecule has 1 aliphatic rings. The third-order valence-corrected chi connectivity index (χ3v) is 3.71. The van der Waals surface area contributed by atoms with Gasteiger partial charge in [0, 0.05) is 5.56 Å². The molecule has 0 saturated heterocycles. The first-order valence-corrected chi connectivity index (χ1v) is 6.62. The van der Waals surface area contributed by atoms with Gasteiger partial charge in [-0.05, 0) is 30.7 Å². The highest BCUT2D eigenvalue weighted by atomic mass is 16.1. The SMILES string of the molecule is CCCC(N)C(=O)c1ccc(C2CCC2)cc1. The lowest BCUT2D eigenvalue weighted by Gasteiger charge is -2.25. The van der Waals surface area contributed by atoms with Gasteiger partial charge >= 0.3 is 0 Å². The quantitative estimate of drug-likeness (QED) is 0.790. The van der Waals surface area contributed by atoms with Crippen LogP contribution >= 0.6 is 0 Å². The zero-order valence-corrected chi connectivity index (χ0v) is 10.5. The van der Waals surface area contributed by atoms with Crippen molar-refractivity contribution in [3.8, 4) is 0 Å². The van der Waals surface area contributed by atoms with Crippen LogP contribution in [0.1, 0.15) is 60.9 Å². The lowest BCUT2D eigenvalue weighted by atomic mass is 9.80. The second-order valence-electron chi connectivity index (χ2n) is 5.01. The van der Waals surface area contributed by atoms with Gasteiger partial charge < -0.3 is 5.73 Å². The molecule has 2 rings (SSSR count). The van der Waals surface area contributed by atoms with Gasteiger partial charge in [0.1, 0.15) is 0 Å². The van der Waals surface area contributed by atoms with E-state index >= 15 is 0 Å². The molecule has 1 aromatic rings. The summed E-state index contributed by atoms with van der Waals surface area (Å²) in [6.45, 7) is 2.05. The third kappa shape index (κ3) is 2.75. The summed E-state index contributed by atoms with van der Waals surface area (Å²) in [5, 5.41) is 0. The predicted octanol–water partition coefficient (Wildman–Crippen LogP) is 3.26. The molecule has 1 aromatic carbocycles. The van der Waals surface area contributed by atoms with Gasteiger partial charge in [-0.15, -0.1) is 0 Å². The van der Waals surface area contributed by atoms with Crippen LogP contribution in [0, 0.1) is 0 Å². The Morgan fingerprint density at radius 1 is 1.35 bits per heavy atom. The number of ketones is 1. The average molecular weight is 231 g/mol. The first-order chi connectivity index (χ1) is 8.22. The summed E-state index contributed by atoms with van der Waals surface area (Å²) in [5.74, 6) is 0.801. The Morgan fingerprint density at radius 3 is 2.47 bits per heavy atom. The van der Waals surface area contributed by atoms with Crippen LogP contribution in [0.4, 0.5) is 0 Å². The maximum absolute atomic E-state index is 12.0. The lowest BCUT2D eigenvalue weighted by Crippen LogP contribution is -2.30. The molecule has 2 heteroatoms. The van der Waals surface area contributed by atoms with E-state index < -0.39 is 0 Å². The van der Waals surface area contributed by atoms with Crippen molar-refractivity contribution < 1.29 is 4.79 Å². The van der Waals surface area contributed by atoms with Crippen molar-refractivity contribution >= 4 is 5.78 Å². The zero-order valence-electron chi connectivity index (χ0n) is 10.5. The van der Waals surface area contributed by atoms with Gasteiger partial charge in [-0.2, -0.15) is 0 Å². The van der Waals surface area contributed by atoms with E-state index in [4.69, 9.17) is 5.73 Å². The monoisotopic (exact) mass is 231 g/mol. The smallest absolute Gasteiger partial charge is 0.179 e. The van der Waals surface area contributed by atoms with E-state index in [0.717, 1.165) is 24.3 Å². The van der Waals surface area contributed by atoms with E-state index in [1.807, 2.05) is 19.1 Å². The van der Waals surface area contributed by atoms with Crippen LogP contribution in [0.25, 0.3) is 0 Å². The largest absolute Gasteiger partial charge is 0.321 e. The summed E-state index contributed by atoms with van der Waals surface area (Å²) in [7, 11) is 0. The van der Waals surface area contributed by atoms with Gasteiger partial charge in [-0.25, -0.2) is 0 Å². The standard InChI is InChI=1S/C15H21NO/c1-2-4-14(16)15(17)13-9-7-12(8-10-13)11-5-3-6-11/h7-11,14H,2-6,16H2,1H3. The minimum atomic E-state index is -0.338. The number of benzene rings is 1. The molecular weight excluding hydrogens is 210 g/mol. The van der Waals surface area contributed by atoms with Gasteiger partial charge in [-0.3, -0.25) is 4.79 Å². The predicted molar refractivity (Wildman–Crippen MR) is 70.2 cm³/mol. The Labute approximate surface area is 103 Å². The average Bonchev–Trinajstić information content (AvgIpc) is 2.27. The summed E-state index contributed by atoms with van der Waals surface area (Å²) in [6, 6.07) is 7.72. The summed E-state index contributed by atoms with van der Waals surface area (Å²) < 4.78 is 0. The summed E-state index contributed by atoms with van der Waals surface area (Å²) in [6.07, 6.45) is 5.65. The lowest BCUT2D eigenvalue weighted by molar-refractivity contribution is 0.0957. The van der Waals surface area contributed by atoms with E-state index in [9.17, 15) is 4.79 Å². The maximum Gasteiger partial charge on any atom is 0.179 e. The van der Waals surface area contributed by atoms with Crippen LogP contribution in [0.3, 0.4) is 0 Å². The Hall–Kier alpha value is -1.15. The van der Waals surface area contributed by atoms with E-state index in [2.05, 4.69) is 12.1 Å².